The van der Waals surface area contributed by atoms with Crippen molar-refractivity contribution >= 4 is 23.5 Å². The number of carboxylic acid groups (broad SMARTS) is 1. The van der Waals surface area contributed by atoms with Crippen molar-refractivity contribution < 1.29 is 29.6 Å². The molecule has 5 atom stereocenters. The molecular weight excluding hydrogens is 452 g/mol. The molecule has 3 unspecified atom stereocenters. The van der Waals surface area contributed by atoms with Crippen LogP contribution in [0.2, 0.25) is 0 Å². The van der Waals surface area contributed by atoms with Gasteiger partial charge in [0, 0.05) is 23.3 Å². The van der Waals surface area contributed by atoms with Crippen LogP contribution in [0, 0.1) is 11.8 Å². The highest BCUT2D eigenvalue weighted by Crippen LogP contribution is 2.36. The first-order chi connectivity index (χ1) is 16.3. The van der Waals surface area contributed by atoms with Gasteiger partial charge in [-0.2, -0.15) is 11.8 Å². The molecule has 0 spiro atoms. The second-order valence-electron chi connectivity index (χ2n) is 9.16. The van der Waals surface area contributed by atoms with E-state index in [2.05, 4.69) is 6.92 Å². The highest BCUT2D eigenvalue weighted by atomic mass is 32.2. The number of rotatable bonds is 16. The number of aliphatic hydroxyl groups is 2. The normalized spacial score (nSPS) is 22.2. The third-order valence-corrected chi connectivity index (χ3v) is 8.06. The minimum atomic E-state index is -0.813. The fraction of sp³-hybridized carbons (Fsp3) is 0.630. The molecule has 0 aromatic heterocycles. The quantitative estimate of drug-likeness (QED) is 0.228. The number of aliphatic carboxylic acids is 1. The number of hydrogen-bond donors (Lipinski definition) is 3. The number of hydrogen-bond acceptors (Lipinski definition) is 6. The van der Waals surface area contributed by atoms with Crippen LogP contribution >= 0.6 is 11.8 Å². The summed E-state index contributed by atoms with van der Waals surface area (Å²) in [7, 11) is 1.60. The number of aliphatic hydroxyl groups excluding tert-OH is 2. The summed E-state index contributed by atoms with van der Waals surface area (Å²) in [6.07, 6.45) is 9.07. The van der Waals surface area contributed by atoms with Crippen molar-refractivity contribution in [3.8, 4) is 5.75 Å². The Morgan fingerprint density at radius 3 is 2.59 bits per heavy atom. The Bertz CT molecular complexity index is 778. The van der Waals surface area contributed by atoms with Crippen molar-refractivity contribution in [3.05, 3.63) is 42.0 Å². The van der Waals surface area contributed by atoms with Crippen LogP contribution in [-0.4, -0.2) is 57.4 Å². The highest BCUT2D eigenvalue weighted by molar-refractivity contribution is 8.00. The van der Waals surface area contributed by atoms with E-state index in [1.807, 2.05) is 36.4 Å². The number of unbranched alkanes of at least 4 members (excludes halogenated alkanes) is 2. The topological polar surface area (TPSA) is 104 Å². The molecule has 7 heteroatoms. The Balaban J connectivity index is 1.80. The van der Waals surface area contributed by atoms with Crippen molar-refractivity contribution in [2.24, 2.45) is 11.8 Å². The molecule has 1 aromatic rings. The molecule has 0 saturated heterocycles. The summed E-state index contributed by atoms with van der Waals surface area (Å²) in [5.74, 6) is -0.207. The fourth-order valence-corrected chi connectivity index (χ4v) is 5.79. The highest BCUT2D eigenvalue weighted by Gasteiger charge is 2.41. The van der Waals surface area contributed by atoms with E-state index in [0.717, 1.165) is 37.0 Å². The third kappa shape index (κ3) is 9.43. The second kappa shape index (κ2) is 15.2. The first-order valence-electron chi connectivity index (χ1n) is 12.4. The van der Waals surface area contributed by atoms with Crippen LogP contribution in [0.4, 0.5) is 0 Å². The van der Waals surface area contributed by atoms with Crippen LogP contribution < -0.4 is 4.74 Å². The maximum Gasteiger partial charge on any atom is 0.306 e. The monoisotopic (exact) mass is 492 g/mol. The lowest BCUT2D eigenvalue weighted by Crippen LogP contribution is -2.25. The van der Waals surface area contributed by atoms with Gasteiger partial charge >= 0.3 is 5.97 Å². The molecule has 1 aliphatic carbocycles. The van der Waals surface area contributed by atoms with E-state index < -0.39 is 24.1 Å². The van der Waals surface area contributed by atoms with Crippen LogP contribution in [0.15, 0.2) is 36.4 Å². The summed E-state index contributed by atoms with van der Waals surface area (Å²) in [5.41, 5.74) is 0.958. The van der Waals surface area contributed by atoms with Gasteiger partial charge in [-0.15, -0.1) is 0 Å². The van der Waals surface area contributed by atoms with Crippen molar-refractivity contribution in [3.63, 3.8) is 0 Å². The number of carbonyl (C=O) groups excluding carboxylic acids is 1. The molecule has 190 valence electrons. The Morgan fingerprint density at radius 1 is 1.21 bits per heavy atom. The smallest absolute Gasteiger partial charge is 0.306 e. The minimum absolute atomic E-state index is 0.0676. The zero-order valence-corrected chi connectivity index (χ0v) is 21.2. The summed E-state index contributed by atoms with van der Waals surface area (Å²) in [6.45, 7) is 2.13. The number of methoxy groups -OCH3 is 1. The first kappa shape index (κ1) is 28.4. The molecule has 34 heavy (non-hydrogen) atoms. The molecule has 2 rings (SSSR count). The second-order valence-corrected chi connectivity index (χ2v) is 10.4. The van der Waals surface area contributed by atoms with Gasteiger partial charge in [0.2, 0.25) is 0 Å². The van der Waals surface area contributed by atoms with Crippen molar-refractivity contribution in [1.29, 1.82) is 0 Å². The maximum atomic E-state index is 12.4. The number of carbonyl (C=O) groups is 2. The van der Waals surface area contributed by atoms with Gasteiger partial charge in [-0.25, -0.2) is 0 Å². The molecule has 1 fully saturated rings. The Kier molecular flexibility index (Phi) is 12.7. The van der Waals surface area contributed by atoms with E-state index in [0.29, 0.717) is 31.4 Å². The number of thioether (sulfide) groups is 1. The van der Waals surface area contributed by atoms with Gasteiger partial charge in [-0.05, 0) is 49.8 Å². The average Bonchev–Trinajstić information content (AvgIpc) is 3.09. The summed E-state index contributed by atoms with van der Waals surface area (Å²) in [6, 6.07) is 7.44. The van der Waals surface area contributed by atoms with Crippen LogP contribution in [0.5, 0.6) is 5.75 Å². The van der Waals surface area contributed by atoms with Crippen molar-refractivity contribution in [1.82, 2.24) is 0 Å². The van der Waals surface area contributed by atoms with Gasteiger partial charge in [0.25, 0.3) is 0 Å². The Morgan fingerprint density at radius 2 is 1.94 bits per heavy atom. The van der Waals surface area contributed by atoms with E-state index in [9.17, 15) is 24.9 Å². The number of Topliss-reactive ketones (excluding diaryl/α,β-unsaturated/α-hetero) is 1. The molecule has 0 bridgehead atoms. The lowest BCUT2D eigenvalue weighted by molar-refractivity contribution is -0.141. The van der Waals surface area contributed by atoms with Crippen LogP contribution in [0.25, 0.3) is 0 Å². The molecule has 1 aliphatic rings. The molecule has 0 radical (unpaired) electrons. The first-order valence-corrected chi connectivity index (χ1v) is 13.4. The largest absolute Gasteiger partial charge is 0.497 e. The average molecular weight is 493 g/mol. The molecule has 3 N–H and O–H groups in total. The SMILES string of the molecule is CCCCCC(O)CS[C@H]1C(O)CC(=O)[C@@H]1CC=CCCC(Cc1ccc(OC)cc1)C(=O)O. The predicted octanol–water partition coefficient (Wildman–Crippen LogP) is 4.66. The fourth-order valence-electron chi connectivity index (χ4n) is 4.37. The van der Waals surface area contributed by atoms with E-state index >= 15 is 0 Å². The van der Waals surface area contributed by atoms with Gasteiger partial charge in [0.1, 0.15) is 11.5 Å². The van der Waals surface area contributed by atoms with Gasteiger partial charge in [0.15, 0.2) is 0 Å². The summed E-state index contributed by atoms with van der Waals surface area (Å²) >= 11 is 1.51. The van der Waals surface area contributed by atoms with Crippen LogP contribution in [0.3, 0.4) is 0 Å². The predicted molar refractivity (Wildman–Crippen MR) is 136 cm³/mol. The summed E-state index contributed by atoms with van der Waals surface area (Å²) in [5, 5.41) is 29.9. The van der Waals surface area contributed by atoms with E-state index in [-0.39, 0.29) is 23.4 Å². The maximum absolute atomic E-state index is 12.4. The standard InChI is InChI=1S/C27H40O6S/c1-3-4-6-10-21(28)18-34-26-23(24(29)17-25(26)30)11-8-5-7-9-20(27(31)32)16-19-12-14-22(33-2)15-13-19/h5,8,12-15,20-21,23,25-26,28,30H,3-4,6-7,9-11,16-18H2,1-2H3,(H,31,32)/t20?,21?,23-,25?,26+/m0/s1. The number of benzene rings is 1. The summed E-state index contributed by atoms with van der Waals surface area (Å²) in [4.78, 5) is 24.1. The molecule has 1 aromatic carbocycles. The van der Waals surface area contributed by atoms with Crippen molar-refractivity contribution in [2.45, 2.75) is 82.2 Å². The number of ether oxygens (including phenoxy) is 1. The van der Waals surface area contributed by atoms with E-state index in [4.69, 9.17) is 4.74 Å². The molecule has 0 aliphatic heterocycles. The Labute approximate surface area is 207 Å². The van der Waals surface area contributed by atoms with Crippen molar-refractivity contribution in [2.75, 3.05) is 12.9 Å². The van der Waals surface area contributed by atoms with Gasteiger partial charge in [-0.1, -0.05) is 50.5 Å². The lowest BCUT2D eigenvalue weighted by Gasteiger charge is -2.21. The van der Waals surface area contributed by atoms with Gasteiger partial charge in [-0.3, -0.25) is 9.59 Å². The molecule has 0 amide bonds. The lowest BCUT2D eigenvalue weighted by atomic mass is 9.94. The summed E-state index contributed by atoms with van der Waals surface area (Å²) < 4.78 is 5.14. The number of allylic oxidation sites excluding steroid dienone is 2. The van der Waals surface area contributed by atoms with E-state index in [1.165, 1.54) is 11.8 Å². The van der Waals surface area contributed by atoms with E-state index in [1.54, 1.807) is 7.11 Å². The molecule has 0 heterocycles. The zero-order chi connectivity index (χ0) is 24.9. The Hall–Kier alpha value is -1.83. The van der Waals surface area contributed by atoms with Crippen LogP contribution in [0.1, 0.15) is 63.9 Å². The van der Waals surface area contributed by atoms with Gasteiger partial charge < -0.3 is 20.1 Å². The number of ketones is 1. The zero-order valence-electron chi connectivity index (χ0n) is 20.4. The number of carboxylic acids is 1. The van der Waals surface area contributed by atoms with Gasteiger partial charge in [0.05, 0.1) is 25.2 Å². The minimum Gasteiger partial charge on any atom is -0.497 e. The molecular formula is C27H40O6S. The molecule has 6 nitrogen and oxygen atoms in total. The third-order valence-electron chi connectivity index (χ3n) is 6.45. The molecule has 1 saturated carbocycles. The van der Waals surface area contributed by atoms with Crippen LogP contribution in [-0.2, 0) is 16.0 Å².